The quantitative estimate of drug-likeness (QED) is 0.331. The maximum absolute atomic E-state index is 14.0. The highest BCUT2D eigenvalue weighted by Crippen LogP contribution is 2.30. The fourth-order valence-electron chi connectivity index (χ4n) is 3.05. The summed E-state index contributed by atoms with van der Waals surface area (Å²) in [5.74, 6) is -4.08. The standard InChI is InChI=1S/C18H21F3N8OS/c1-24-15(29-6-5-25-8-18(20,21)9-29)11(7-22)27-16(30)13-14(23)31-17(28-13)12-10(19)3-2-4-26-12/h2-4,7,25H,5-6,8-9H2,1H3,(H5,22,23,24,26,27,28,30)/p+1. The Hall–Kier alpha value is -3.19. The molecule has 1 saturated heterocycles. The topological polar surface area (TPSA) is 134 Å². The smallest absolute Gasteiger partial charge is 0.296 e. The summed E-state index contributed by atoms with van der Waals surface area (Å²) in [6, 6.07) is 2.65. The van der Waals surface area contributed by atoms with E-state index in [0.717, 1.165) is 17.5 Å². The summed E-state index contributed by atoms with van der Waals surface area (Å²) in [6.07, 6.45) is 2.48. The molecular weight excluding hydrogens is 433 g/mol. The number of nitrogens with zero attached hydrogens (tertiary/aromatic N) is 3. The second kappa shape index (κ2) is 9.31. The molecule has 0 aromatic carbocycles. The van der Waals surface area contributed by atoms with E-state index >= 15 is 0 Å². The number of nitrogens with one attached hydrogen (secondary N) is 3. The Labute approximate surface area is 180 Å². The van der Waals surface area contributed by atoms with Crippen LogP contribution in [-0.2, 0) is 0 Å². The number of alkyl halides is 2. The molecule has 1 aliphatic rings. The molecule has 9 nitrogen and oxygen atoms in total. The molecule has 0 aliphatic carbocycles. The Morgan fingerprint density at radius 1 is 1.45 bits per heavy atom. The zero-order valence-electron chi connectivity index (χ0n) is 16.6. The number of amidine groups is 1. The highest BCUT2D eigenvalue weighted by molar-refractivity contribution is 7.19. The number of halogens is 3. The highest BCUT2D eigenvalue weighted by atomic mass is 32.1. The third-order valence-electron chi connectivity index (χ3n) is 4.42. The van der Waals surface area contributed by atoms with E-state index in [2.05, 4.69) is 25.9 Å². The summed E-state index contributed by atoms with van der Waals surface area (Å²) in [4.78, 5) is 20.8. The Morgan fingerprint density at radius 3 is 2.90 bits per heavy atom. The first kappa shape index (κ1) is 22.5. The molecule has 0 atom stereocenters. The van der Waals surface area contributed by atoms with Crippen LogP contribution in [0.5, 0.6) is 0 Å². The average molecular weight is 455 g/mol. The van der Waals surface area contributed by atoms with Crippen LogP contribution in [0.1, 0.15) is 10.5 Å². The van der Waals surface area contributed by atoms with Gasteiger partial charge < -0.3 is 22.1 Å². The van der Waals surface area contributed by atoms with Crippen LogP contribution in [0.25, 0.3) is 10.7 Å². The third kappa shape index (κ3) is 5.11. The lowest BCUT2D eigenvalue weighted by molar-refractivity contribution is -0.543. The van der Waals surface area contributed by atoms with Crippen molar-refractivity contribution in [2.75, 3.05) is 39.0 Å². The highest BCUT2D eigenvalue weighted by Gasteiger charge is 2.36. The van der Waals surface area contributed by atoms with Gasteiger partial charge in [0, 0.05) is 18.9 Å². The number of nitrogens with two attached hydrogens (primary N) is 2. The van der Waals surface area contributed by atoms with Crippen LogP contribution in [-0.4, -0.2) is 65.4 Å². The number of hydrogen-bond acceptors (Lipinski definition) is 7. The van der Waals surface area contributed by atoms with Crippen molar-refractivity contribution in [1.82, 2.24) is 25.9 Å². The first-order valence-corrected chi connectivity index (χ1v) is 10.1. The molecule has 0 radical (unpaired) electrons. The largest absolute Gasteiger partial charge is 0.403 e. The van der Waals surface area contributed by atoms with Gasteiger partial charge in [0.2, 0.25) is 0 Å². The SMILES string of the molecule is CNC(/C(=C\N)NC(=O)c1nc(-c2ncccc2F)sc1N)=[N+]1CCNCC(F)(F)C1. The summed E-state index contributed by atoms with van der Waals surface area (Å²) in [5.41, 5.74) is 11.5. The van der Waals surface area contributed by atoms with E-state index < -0.39 is 30.7 Å². The molecule has 31 heavy (non-hydrogen) atoms. The van der Waals surface area contributed by atoms with Crippen molar-refractivity contribution in [1.29, 1.82) is 0 Å². The number of amides is 1. The molecule has 13 heteroatoms. The molecule has 0 spiro atoms. The van der Waals surface area contributed by atoms with Crippen LogP contribution in [0.2, 0.25) is 0 Å². The van der Waals surface area contributed by atoms with Crippen LogP contribution in [0.4, 0.5) is 18.2 Å². The molecule has 1 aliphatic heterocycles. The van der Waals surface area contributed by atoms with E-state index in [9.17, 15) is 18.0 Å². The number of anilines is 1. The number of aromatic nitrogens is 2. The molecule has 1 fully saturated rings. The molecule has 3 rings (SSSR count). The first-order chi connectivity index (χ1) is 14.8. The lowest BCUT2D eigenvalue weighted by Crippen LogP contribution is -2.44. The number of rotatable bonds is 4. The predicted molar refractivity (Wildman–Crippen MR) is 111 cm³/mol. The van der Waals surface area contributed by atoms with Gasteiger partial charge in [0.15, 0.2) is 18.1 Å². The number of hydrogen-bond donors (Lipinski definition) is 5. The Balaban J connectivity index is 1.88. The van der Waals surface area contributed by atoms with Gasteiger partial charge in [-0.1, -0.05) is 11.3 Å². The fraction of sp³-hybridized carbons (Fsp3) is 0.333. The van der Waals surface area contributed by atoms with Gasteiger partial charge in [-0.3, -0.25) is 19.7 Å². The lowest BCUT2D eigenvalue weighted by Gasteiger charge is -2.16. The molecule has 0 saturated carbocycles. The molecule has 0 unspecified atom stereocenters. The third-order valence-corrected chi connectivity index (χ3v) is 5.31. The van der Waals surface area contributed by atoms with Gasteiger partial charge >= 0.3 is 0 Å². The number of carbonyl (C=O) groups excluding carboxylic acids is 1. The minimum atomic E-state index is -2.97. The van der Waals surface area contributed by atoms with E-state index in [1.165, 1.54) is 30.0 Å². The molecule has 166 valence electrons. The van der Waals surface area contributed by atoms with E-state index in [1.807, 2.05) is 0 Å². The van der Waals surface area contributed by atoms with Crippen molar-refractivity contribution in [3.63, 3.8) is 0 Å². The van der Waals surface area contributed by atoms with Crippen molar-refractivity contribution in [3.8, 4) is 10.7 Å². The van der Waals surface area contributed by atoms with E-state index in [-0.39, 0.29) is 39.5 Å². The lowest BCUT2D eigenvalue weighted by atomic mass is 10.3. The maximum Gasteiger partial charge on any atom is 0.296 e. The molecule has 0 bridgehead atoms. The van der Waals surface area contributed by atoms with E-state index in [4.69, 9.17) is 11.5 Å². The maximum atomic E-state index is 14.0. The predicted octanol–water partition coefficient (Wildman–Crippen LogP) is 0.325. The second-order valence-corrected chi connectivity index (χ2v) is 7.68. The van der Waals surface area contributed by atoms with Crippen LogP contribution < -0.4 is 27.4 Å². The molecular formula is C18H22F3N8OS+. The number of likely N-dealkylation sites (N-methyl/N-ethyl adjacent to an activating group) is 1. The number of thiazole rings is 1. The van der Waals surface area contributed by atoms with Gasteiger partial charge in [0.1, 0.15) is 21.4 Å². The Morgan fingerprint density at radius 2 is 2.23 bits per heavy atom. The summed E-state index contributed by atoms with van der Waals surface area (Å²) >= 11 is 0.902. The van der Waals surface area contributed by atoms with Crippen LogP contribution in [0.15, 0.2) is 30.2 Å². The summed E-state index contributed by atoms with van der Waals surface area (Å²) in [6.45, 7) is -0.423. The van der Waals surface area contributed by atoms with Crippen molar-refractivity contribution >= 4 is 28.1 Å². The second-order valence-electron chi connectivity index (χ2n) is 6.65. The Kier molecular flexibility index (Phi) is 6.75. The van der Waals surface area contributed by atoms with Crippen molar-refractivity contribution in [2.24, 2.45) is 5.73 Å². The normalized spacial score (nSPS) is 18.3. The van der Waals surface area contributed by atoms with Gasteiger partial charge in [0.05, 0.1) is 20.1 Å². The molecule has 2 aromatic heterocycles. The van der Waals surface area contributed by atoms with Crippen molar-refractivity contribution in [2.45, 2.75) is 5.92 Å². The molecule has 3 heterocycles. The minimum absolute atomic E-state index is 0.0328. The summed E-state index contributed by atoms with van der Waals surface area (Å²) in [7, 11) is 1.53. The van der Waals surface area contributed by atoms with Gasteiger partial charge in [-0.2, -0.15) is 0 Å². The zero-order valence-corrected chi connectivity index (χ0v) is 17.4. The van der Waals surface area contributed by atoms with Gasteiger partial charge in [-0.15, -0.1) is 0 Å². The van der Waals surface area contributed by atoms with Crippen LogP contribution in [0.3, 0.4) is 0 Å². The molecule has 1 amide bonds. The van der Waals surface area contributed by atoms with E-state index in [1.54, 1.807) is 0 Å². The van der Waals surface area contributed by atoms with Crippen molar-refractivity contribution < 1.29 is 22.5 Å². The number of nitrogen functional groups attached to an aromatic ring is 1. The van der Waals surface area contributed by atoms with Crippen molar-refractivity contribution in [3.05, 3.63) is 41.7 Å². The fourth-order valence-corrected chi connectivity index (χ4v) is 3.88. The summed E-state index contributed by atoms with van der Waals surface area (Å²) in [5, 5.41) is 8.20. The van der Waals surface area contributed by atoms with Crippen LogP contribution >= 0.6 is 11.3 Å². The number of carbonyl (C=O) groups is 1. The molecule has 7 N–H and O–H groups in total. The monoisotopic (exact) mass is 455 g/mol. The Bertz CT molecular complexity index is 1040. The van der Waals surface area contributed by atoms with Gasteiger partial charge in [-0.05, 0) is 12.1 Å². The van der Waals surface area contributed by atoms with Crippen LogP contribution in [0, 0.1) is 5.82 Å². The average Bonchev–Trinajstić information content (AvgIpc) is 3.02. The first-order valence-electron chi connectivity index (χ1n) is 9.24. The van der Waals surface area contributed by atoms with Gasteiger partial charge in [-0.25, -0.2) is 18.2 Å². The summed E-state index contributed by atoms with van der Waals surface area (Å²) < 4.78 is 43.4. The van der Waals surface area contributed by atoms with E-state index in [0.29, 0.717) is 6.54 Å². The molecule has 2 aromatic rings. The number of pyridine rings is 1. The zero-order chi connectivity index (χ0) is 22.6. The minimum Gasteiger partial charge on any atom is -0.403 e. The van der Waals surface area contributed by atoms with Gasteiger partial charge in [0.25, 0.3) is 17.7 Å².